The van der Waals surface area contributed by atoms with Crippen LogP contribution in [-0.4, -0.2) is 23.6 Å². The van der Waals surface area contributed by atoms with E-state index in [1.165, 1.54) is 6.07 Å². The molecule has 0 spiro atoms. The highest BCUT2D eigenvalue weighted by molar-refractivity contribution is 5.75. The van der Waals surface area contributed by atoms with Crippen molar-refractivity contribution < 1.29 is 23.6 Å². The molecule has 0 saturated carbocycles. The molecule has 1 rings (SSSR count). The Morgan fingerprint density at radius 3 is 2.70 bits per heavy atom. The molecule has 1 aromatic carbocycles. The second-order valence-corrected chi connectivity index (χ2v) is 4.02. The summed E-state index contributed by atoms with van der Waals surface area (Å²) in [6.45, 7) is 3.75. The summed E-state index contributed by atoms with van der Waals surface area (Å²) in [5.74, 6) is -1.43. The third kappa shape index (κ3) is 4.18. The van der Waals surface area contributed by atoms with Crippen molar-refractivity contribution in [2.45, 2.75) is 32.8 Å². The first-order valence-corrected chi connectivity index (χ1v) is 6.26. The topological polar surface area (TPSA) is 78.7 Å². The molecular formula is C13H16FNO5. The van der Waals surface area contributed by atoms with Gasteiger partial charge in [0.15, 0.2) is 6.10 Å². The van der Waals surface area contributed by atoms with Gasteiger partial charge in [0.1, 0.15) is 5.75 Å². The summed E-state index contributed by atoms with van der Waals surface area (Å²) in [6, 6.07) is 3.13. The van der Waals surface area contributed by atoms with Gasteiger partial charge in [-0.1, -0.05) is 13.3 Å². The fraction of sp³-hybridized carbons (Fsp3) is 0.462. The van der Waals surface area contributed by atoms with Gasteiger partial charge in [-0.25, -0.2) is 4.79 Å². The average Bonchev–Trinajstić information content (AvgIpc) is 2.40. The number of carbonyl (C=O) groups is 1. The summed E-state index contributed by atoms with van der Waals surface area (Å²) in [6.07, 6.45) is 0.224. The van der Waals surface area contributed by atoms with E-state index in [0.717, 1.165) is 12.1 Å². The predicted molar refractivity (Wildman–Crippen MR) is 69.0 cm³/mol. The van der Waals surface area contributed by atoms with Crippen molar-refractivity contribution in [2.75, 3.05) is 6.61 Å². The Kier molecular flexibility index (Phi) is 5.89. The Balaban J connectivity index is 2.90. The summed E-state index contributed by atoms with van der Waals surface area (Å²) in [7, 11) is 0. The summed E-state index contributed by atoms with van der Waals surface area (Å²) < 4.78 is 23.4. The van der Waals surface area contributed by atoms with Crippen LogP contribution in [0.25, 0.3) is 0 Å². The van der Waals surface area contributed by atoms with Crippen molar-refractivity contribution in [3.63, 3.8) is 0 Å². The van der Waals surface area contributed by atoms with Crippen LogP contribution < -0.4 is 4.74 Å². The van der Waals surface area contributed by atoms with E-state index >= 15 is 0 Å². The van der Waals surface area contributed by atoms with Gasteiger partial charge in [-0.15, -0.1) is 0 Å². The Morgan fingerprint density at radius 1 is 1.45 bits per heavy atom. The minimum Gasteiger partial charge on any atom is -0.478 e. The zero-order valence-electron chi connectivity index (χ0n) is 11.3. The van der Waals surface area contributed by atoms with Crippen LogP contribution >= 0.6 is 0 Å². The minimum absolute atomic E-state index is 0.0598. The summed E-state index contributed by atoms with van der Waals surface area (Å²) in [4.78, 5) is 21.5. The number of nitro groups is 1. The average molecular weight is 285 g/mol. The standard InChI is InChI=1S/C13H16FNO5/c1-3-5-12(13(16)19-4-2)20-9-6-7-10(14)11(8-9)15(17)18/h6-8,12H,3-5H2,1-2H3. The lowest BCUT2D eigenvalue weighted by molar-refractivity contribution is -0.387. The van der Waals surface area contributed by atoms with Crippen LogP contribution in [0.1, 0.15) is 26.7 Å². The monoisotopic (exact) mass is 285 g/mol. The number of carbonyl (C=O) groups excluding carboxylic acids is 1. The molecular weight excluding hydrogens is 269 g/mol. The maximum absolute atomic E-state index is 13.2. The van der Waals surface area contributed by atoms with E-state index < -0.39 is 28.5 Å². The van der Waals surface area contributed by atoms with Crippen molar-refractivity contribution in [3.05, 3.63) is 34.1 Å². The smallest absolute Gasteiger partial charge is 0.347 e. The maximum Gasteiger partial charge on any atom is 0.347 e. The molecule has 0 bridgehead atoms. The Hall–Kier alpha value is -2.18. The van der Waals surface area contributed by atoms with Gasteiger partial charge in [0.2, 0.25) is 5.82 Å². The number of hydrogen-bond acceptors (Lipinski definition) is 5. The van der Waals surface area contributed by atoms with Gasteiger partial charge in [-0.3, -0.25) is 10.1 Å². The van der Waals surface area contributed by atoms with Gasteiger partial charge in [0.25, 0.3) is 0 Å². The van der Waals surface area contributed by atoms with Gasteiger partial charge < -0.3 is 9.47 Å². The van der Waals surface area contributed by atoms with E-state index in [-0.39, 0.29) is 12.4 Å². The summed E-state index contributed by atoms with van der Waals surface area (Å²) in [5, 5.41) is 10.6. The van der Waals surface area contributed by atoms with Gasteiger partial charge in [-0.05, 0) is 25.5 Å². The van der Waals surface area contributed by atoms with Gasteiger partial charge in [0, 0.05) is 0 Å². The molecule has 0 N–H and O–H groups in total. The summed E-state index contributed by atoms with van der Waals surface area (Å²) in [5.41, 5.74) is -0.693. The predicted octanol–water partition coefficient (Wildman–Crippen LogP) is 2.84. The number of halogens is 1. The lowest BCUT2D eigenvalue weighted by Crippen LogP contribution is -2.29. The SMILES string of the molecule is CCCC(Oc1ccc(F)c([N+](=O)[O-])c1)C(=O)OCC. The molecule has 20 heavy (non-hydrogen) atoms. The first-order valence-electron chi connectivity index (χ1n) is 6.26. The van der Waals surface area contributed by atoms with E-state index in [0.29, 0.717) is 12.8 Å². The number of nitro benzene ring substituents is 1. The third-order valence-electron chi connectivity index (χ3n) is 2.49. The molecule has 0 amide bonds. The molecule has 7 heteroatoms. The van der Waals surface area contributed by atoms with Crippen molar-refractivity contribution in [1.82, 2.24) is 0 Å². The number of ether oxygens (including phenoxy) is 2. The van der Waals surface area contributed by atoms with Crippen LogP contribution in [0.5, 0.6) is 5.75 Å². The van der Waals surface area contributed by atoms with E-state index in [2.05, 4.69) is 0 Å². The molecule has 110 valence electrons. The number of nitrogens with zero attached hydrogens (tertiary/aromatic N) is 1. The van der Waals surface area contributed by atoms with E-state index in [1.807, 2.05) is 6.92 Å². The molecule has 0 aliphatic heterocycles. The second kappa shape index (κ2) is 7.42. The molecule has 0 radical (unpaired) electrons. The van der Waals surface area contributed by atoms with Crippen LogP contribution in [-0.2, 0) is 9.53 Å². The first-order chi connectivity index (χ1) is 9.49. The van der Waals surface area contributed by atoms with E-state index in [9.17, 15) is 19.3 Å². The molecule has 6 nitrogen and oxygen atoms in total. The number of hydrogen-bond donors (Lipinski definition) is 0. The largest absolute Gasteiger partial charge is 0.478 e. The van der Waals surface area contributed by atoms with E-state index in [1.54, 1.807) is 6.92 Å². The molecule has 1 unspecified atom stereocenters. The molecule has 0 saturated heterocycles. The highest BCUT2D eigenvalue weighted by atomic mass is 19.1. The normalized spacial score (nSPS) is 11.8. The zero-order chi connectivity index (χ0) is 15.1. The Bertz CT molecular complexity index is 492. The van der Waals surface area contributed by atoms with Crippen molar-refractivity contribution in [2.24, 2.45) is 0 Å². The highest BCUT2D eigenvalue weighted by Crippen LogP contribution is 2.24. The lowest BCUT2D eigenvalue weighted by Gasteiger charge is -2.16. The molecule has 0 heterocycles. The third-order valence-corrected chi connectivity index (χ3v) is 2.49. The van der Waals surface area contributed by atoms with Crippen LogP contribution in [0.4, 0.5) is 10.1 Å². The first kappa shape index (κ1) is 15.9. The molecule has 1 atom stereocenters. The molecule has 0 aliphatic rings. The second-order valence-electron chi connectivity index (χ2n) is 4.02. The lowest BCUT2D eigenvalue weighted by atomic mass is 10.2. The van der Waals surface area contributed by atoms with Crippen molar-refractivity contribution >= 4 is 11.7 Å². The fourth-order valence-corrected chi connectivity index (χ4v) is 1.59. The molecule has 0 aromatic heterocycles. The quantitative estimate of drug-likeness (QED) is 0.437. The van der Waals surface area contributed by atoms with Crippen LogP contribution in [0.2, 0.25) is 0 Å². The van der Waals surface area contributed by atoms with Crippen LogP contribution in [0, 0.1) is 15.9 Å². The molecule has 0 fully saturated rings. The Morgan fingerprint density at radius 2 is 2.15 bits per heavy atom. The number of benzene rings is 1. The number of esters is 1. The van der Waals surface area contributed by atoms with Crippen molar-refractivity contribution in [1.29, 1.82) is 0 Å². The van der Waals surface area contributed by atoms with Crippen molar-refractivity contribution in [3.8, 4) is 5.75 Å². The van der Waals surface area contributed by atoms with Gasteiger partial charge in [0.05, 0.1) is 17.6 Å². The zero-order valence-corrected chi connectivity index (χ0v) is 11.3. The number of rotatable bonds is 7. The minimum atomic E-state index is -0.953. The Labute approximate surface area is 115 Å². The summed E-state index contributed by atoms with van der Waals surface area (Å²) >= 11 is 0. The van der Waals surface area contributed by atoms with Gasteiger partial charge in [-0.2, -0.15) is 4.39 Å². The maximum atomic E-state index is 13.2. The van der Waals surface area contributed by atoms with Crippen LogP contribution in [0.3, 0.4) is 0 Å². The van der Waals surface area contributed by atoms with Crippen LogP contribution in [0.15, 0.2) is 18.2 Å². The van der Waals surface area contributed by atoms with Gasteiger partial charge >= 0.3 is 11.7 Å². The molecule has 1 aromatic rings. The van der Waals surface area contributed by atoms with E-state index in [4.69, 9.17) is 9.47 Å². The highest BCUT2D eigenvalue weighted by Gasteiger charge is 2.23. The molecule has 0 aliphatic carbocycles. The fourth-order valence-electron chi connectivity index (χ4n) is 1.59.